The monoisotopic (exact) mass is 238 g/mol. The summed E-state index contributed by atoms with van der Waals surface area (Å²) in [6, 6.07) is 3.72. The Hall–Kier alpha value is -1.36. The first-order valence-electron chi connectivity index (χ1n) is 5.15. The van der Waals surface area contributed by atoms with Gasteiger partial charge in [-0.2, -0.15) is 0 Å². The Labute approximate surface area is 98.0 Å². The number of rotatable bonds is 3. The third kappa shape index (κ3) is 1.82. The zero-order valence-electron chi connectivity index (χ0n) is 9.10. The van der Waals surface area contributed by atoms with Crippen molar-refractivity contribution >= 4 is 28.5 Å². The largest absolute Gasteiger partial charge is 0.369 e. The topological polar surface area (TPSA) is 63.4 Å². The third-order valence-corrected chi connectivity index (χ3v) is 4.18. The fourth-order valence-electron chi connectivity index (χ4n) is 1.93. The predicted octanol–water partition coefficient (Wildman–Crippen LogP) is 1.26. The maximum absolute atomic E-state index is 11.3. The second-order valence-corrected chi connectivity index (χ2v) is 5.48. The maximum atomic E-state index is 11.3. The summed E-state index contributed by atoms with van der Waals surface area (Å²) in [4.78, 5) is 24.7. The van der Waals surface area contributed by atoms with Crippen molar-refractivity contribution in [1.29, 1.82) is 0 Å². The van der Waals surface area contributed by atoms with E-state index in [1.807, 2.05) is 13.0 Å². The zero-order valence-corrected chi connectivity index (χ0v) is 9.92. The van der Waals surface area contributed by atoms with E-state index in [-0.39, 0.29) is 5.91 Å². The number of carbonyl (C=O) groups is 2. The van der Waals surface area contributed by atoms with Crippen LogP contribution in [0.25, 0.3) is 0 Å². The molecular weight excluding hydrogens is 224 g/mol. The number of carbonyl (C=O) groups excluding carboxylic acids is 2. The van der Waals surface area contributed by atoms with Crippen molar-refractivity contribution in [2.75, 3.05) is 18.0 Å². The fourth-order valence-corrected chi connectivity index (χ4v) is 2.77. The molecule has 0 spiro atoms. The smallest absolute Gasteiger partial charge is 0.225 e. The van der Waals surface area contributed by atoms with Crippen molar-refractivity contribution in [3.8, 4) is 0 Å². The Kier molecular flexibility index (Phi) is 2.71. The average molecular weight is 238 g/mol. The van der Waals surface area contributed by atoms with Gasteiger partial charge < -0.3 is 10.6 Å². The summed E-state index contributed by atoms with van der Waals surface area (Å²) in [6.07, 6.45) is 1.62. The first-order chi connectivity index (χ1) is 7.55. The fraction of sp³-hybridized carbons (Fsp3) is 0.455. The number of aldehydes is 1. The molecule has 1 aromatic rings. The molecule has 1 saturated heterocycles. The van der Waals surface area contributed by atoms with Gasteiger partial charge in [-0.3, -0.25) is 9.59 Å². The van der Waals surface area contributed by atoms with Gasteiger partial charge in [0.2, 0.25) is 5.91 Å². The predicted molar refractivity (Wildman–Crippen MR) is 63.8 cm³/mol. The molecule has 2 N–H and O–H groups in total. The lowest BCUT2D eigenvalue weighted by Crippen LogP contribution is -2.36. The molecule has 2 heterocycles. The molecular formula is C11H14N2O2S. The lowest BCUT2D eigenvalue weighted by molar-refractivity contribution is -0.125. The standard InChI is InChI=1S/C11H14N2O2S/c1-11(10(12)15)4-5-13(7-11)9-3-2-8(6-14)16-9/h2-3,6H,4-5,7H2,1H3,(H2,12,15). The van der Waals surface area contributed by atoms with Crippen LogP contribution in [0.3, 0.4) is 0 Å². The van der Waals surface area contributed by atoms with Crippen LogP contribution in [0.4, 0.5) is 5.00 Å². The van der Waals surface area contributed by atoms with E-state index in [0.717, 1.165) is 24.3 Å². The number of nitrogens with zero attached hydrogens (tertiary/aromatic N) is 1. The number of amides is 1. The van der Waals surface area contributed by atoms with Gasteiger partial charge in [0.1, 0.15) is 0 Å². The number of thiophene rings is 1. The minimum atomic E-state index is -0.439. The van der Waals surface area contributed by atoms with Crippen LogP contribution >= 0.6 is 11.3 Å². The minimum Gasteiger partial charge on any atom is -0.369 e. The molecule has 4 nitrogen and oxygen atoms in total. The second kappa shape index (κ2) is 3.90. The normalized spacial score (nSPS) is 24.7. The van der Waals surface area contributed by atoms with Gasteiger partial charge in [-0.1, -0.05) is 0 Å². The Morgan fingerprint density at radius 2 is 2.38 bits per heavy atom. The summed E-state index contributed by atoms with van der Waals surface area (Å²) in [5.41, 5.74) is 4.95. The first kappa shape index (κ1) is 11.1. The zero-order chi connectivity index (χ0) is 11.8. The second-order valence-electron chi connectivity index (χ2n) is 4.39. The summed E-state index contributed by atoms with van der Waals surface area (Å²) in [5, 5.41) is 1.03. The molecule has 0 saturated carbocycles. The highest BCUT2D eigenvalue weighted by molar-refractivity contribution is 7.17. The number of anilines is 1. The van der Waals surface area contributed by atoms with Crippen LogP contribution in [-0.2, 0) is 4.79 Å². The van der Waals surface area contributed by atoms with Gasteiger partial charge in [0.25, 0.3) is 0 Å². The Bertz CT molecular complexity index is 429. The summed E-state index contributed by atoms with van der Waals surface area (Å²) < 4.78 is 0. The van der Waals surface area contributed by atoms with Gasteiger partial charge in [0.15, 0.2) is 6.29 Å². The van der Waals surface area contributed by atoms with Crippen molar-refractivity contribution in [3.05, 3.63) is 17.0 Å². The lowest BCUT2D eigenvalue weighted by Gasteiger charge is -2.21. The molecule has 0 aromatic carbocycles. The summed E-state index contributed by atoms with van der Waals surface area (Å²) in [6.45, 7) is 3.35. The van der Waals surface area contributed by atoms with E-state index in [4.69, 9.17) is 5.73 Å². The van der Waals surface area contributed by atoms with E-state index in [1.54, 1.807) is 6.07 Å². The Morgan fingerprint density at radius 3 is 2.88 bits per heavy atom. The molecule has 16 heavy (non-hydrogen) atoms. The molecule has 0 bridgehead atoms. The highest BCUT2D eigenvalue weighted by atomic mass is 32.1. The highest BCUT2D eigenvalue weighted by Crippen LogP contribution is 2.35. The van der Waals surface area contributed by atoms with Crippen molar-refractivity contribution in [3.63, 3.8) is 0 Å². The first-order valence-corrected chi connectivity index (χ1v) is 5.97. The Morgan fingerprint density at radius 1 is 1.62 bits per heavy atom. The van der Waals surface area contributed by atoms with Crippen LogP contribution in [0.15, 0.2) is 12.1 Å². The molecule has 5 heteroatoms. The molecule has 1 amide bonds. The molecule has 0 radical (unpaired) electrons. The van der Waals surface area contributed by atoms with Gasteiger partial charge >= 0.3 is 0 Å². The molecule has 1 unspecified atom stereocenters. The van der Waals surface area contributed by atoms with Gasteiger partial charge in [-0.15, -0.1) is 11.3 Å². The summed E-state index contributed by atoms with van der Waals surface area (Å²) >= 11 is 1.45. The molecule has 0 aliphatic carbocycles. The molecule has 2 rings (SSSR count). The molecule has 1 fully saturated rings. The van der Waals surface area contributed by atoms with Crippen molar-refractivity contribution in [2.45, 2.75) is 13.3 Å². The van der Waals surface area contributed by atoms with Gasteiger partial charge in [-0.05, 0) is 25.5 Å². The quantitative estimate of drug-likeness (QED) is 0.806. The van der Waals surface area contributed by atoms with E-state index in [0.29, 0.717) is 11.4 Å². The lowest BCUT2D eigenvalue weighted by atomic mass is 9.89. The summed E-state index contributed by atoms with van der Waals surface area (Å²) in [7, 11) is 0. The SMILES string of the molecule is CC1(C(N)=O)CCN(c2ccc(C=O)s2)C1. The maximum Gasteiger partial charge on any atom is 0.225 e. The van der Waals surface area contributed by atoms with Crippen LogP contribution in [0.2, 0.25) is 0 Å². The summed E-state index contributed by atoms with van der Waals surface area (Å²) in [5.74, 6) is -0.248. The van der Waals surface area contributed by atoms with E-state index in [9.17, 15) is 9.59 Å². The highest BCUT2D eigenvalue weighted by Gasteiger charge is 2.39. The van der Waals surface area contributed by atoms with Crippen molar-refractivity contribution in [2.24, 2.45) is 11.1 Å². The molecule has 1 atom stereocenters. The van der Waals surface area contributed by atoms with E-state index in [2.05, 4.69) is 4.90 Å². The van der Waals surface area contributed by atoms with Gasteiger partial charge in [-0.25, -0.2) is 0 Å². The number of hydrogen-bond acceptors (Lipinski definition) is 4. The van der Waals surface area contributed by atoms with Gasteiger partial charge in [0, 0.05) is 13.1 Å². The van der Waals surface area contributed by atoms with Gasteiger partial charge in [0.05, 0.1) is 15.3 Å². The van der Waals surface area contributed by atoms with Crippen LogP contribution in [0.1, 0.15) is 23.0 Å². The number of primary amides is 1. The molecule has 1 aliphatic heterocycles. The molecule has 1 aliphatic rings. The van der Waals surface area contributed by atoms with Crippen molar-refractivity contribution < 1.29 is 9.59 Å². The van der Waals surface area contributed by atoms with Crippen molar-refractivity contribution in [1.82, 2.24) is 0 Å². The number of hydrogen-bond donors (Lipinski definition) is 1. The van der Waals surface area contributed by atoms with E-state index in [1.165, 1.54) is 11.3 Å². The van der Waals surface area contributed by atoms with E-state index < -0.39 is 5.41 Å². The Balaban J connectivity index is 2.14. The third-order valence-electron chi connectivity index (χ3n) is 3.11. The van der Waals surface area contributed by atoms with Crippen LogP contribution < -0.4 is 10.6 Å². The average Bonchev–Trinajstić information content (AvgIpc) is 2.84. The minimum absolute atomic E-state index is 0.248. The van der Waals surface area contributed by atoms with Crippen LogP contribution in [-0.4, -0.2) is 25.3 Å². The van der Waals surface area contributed by atoms with Crippen LogP contribution in [0, 0.1) is 5.41 Å². The van der Waals surface area contributed by atoms with E-state index >= 15 is 0 Å². The molecule has 86 valence electrons. The number of nitrogens with two attached hydrogens (primary N) is 1. The molecule has 1 aromatic heterocycles. The van der Waals surface area contributed by atoms with Crippen LogP contribution in [0.5, 0.6) is 0 Å².